The van der Waals surface area contributed by atoms with Crippen molar-refractivity contribution in [1.82, 2.24) is 0 Å². The van der Waals surface area contributed by atoms with Crippen LogP contribution in [-0.4, -0.2) is 44.1 Å². The van der Waals surface area contributed by atoms with Crippen LogP contribution in [-0.2, 0) is 19.4 Å². The number of carbonyl (C=O) groups is 2. The van der Waals surface area contributed by atoms with E-state index >= 15 is 0 Å². The number of nitrogens with zero attached hydrogens (tertiary/aromatic N) is 1. The van der Waals surface area contributed by atoms with Crippen molar-refractivity contribution in [3.8, 4) is 0 Å². The van der Waals surface area contributed by atoms with Gasteiger partial charge in [0.05, 0.1) is 34.1 Å². The Labute approximate surface area is 84.1 Å². The maximum atomic E-state index is 10.9. The first-order valence-electron chi connectivity index (χ1n) is 4.49. The molecular formula is C9H18NO4+. The summed E-state index contributed by atoms with van der Waals surface area (Å²) < 4.78 is 0.793. The fourth-order valence-corrected chi connectivity index (χ4v) is 0.845. The van der Waals surface area contributed by atoms with Crippen LogP contribution < -0.4 is 0 Å². The Morgan fingerprint density at radius 1 is 1.14 bits per heavy atom. The highest BCUT2D eigenvalue weighted by molar-refractivity contribution is 5.71. The smallest absolute Gasteiger partial charge is 0.331 e. The van der Waals surface area contributed by atoms with E-state index in [2.05, 4.69) is 9.78 Å². The minimum atomic E-state index is -0.620. The first kappa shape index (κ1) is 12.9. The lowest BCUT2D eigenvalue weighted by molar-refractivity contribution is -0.870. The van der Waals surface area contributed by atoms with E-state index in [1.807, 2.05) is 21.1 Å². The third kappa shape index (κ3) is 8.99. The molecule has 0 aliphatic carbocycles. The Balaban J connectivity index is 3.50. The van der Waals surface area contributed by atoms with Crippen LogP contribution in [0.3, 0.4) is 0 Å². The van der Waals surface area contributed by atoms with E-state index < -0.39 is 11.9 Å². The van der Waals surface area contributed by atoms with Gasteiger partial charge in [-0.1, -0.05) is 0 Å². The number of hydrogen-bond donors (Lipinski definition) is 0. The third-order valence-corrected chi connectivity index (χ3v) is 1.46. The summed E-state index contributed by atoms with van der Waals surface area (Å²) in [7, 11) is 6.12. The van der Waals surface area contributed by atoms with Gasteiger partial charge in [-0.2, -0.15) is 0 Å². The number of quaternary nitrogens is 1. The molecule has 0 radical (unpaired) electrons. The summed E-state index contributed by atoms with van der Waals surface area (Å²) in [5.74, 6) is -1.13. The molecule has 14 heavy (non-hydrogen) atoms. The van der Waals surface area contributed by atoms with Crippen molar-refractivity contribution in [3.05, 3.63) is 0 Å². The number of rotatable bonds is 4. The molecule has 0 saturated carbocycles. The van der Waals surface area contributed by atoms with Crippen LogP contribution in [0.25, 0.3) is 0 Å². The average Bonchev–Trinajstić information content (AvgIpc) is 1.98. The SMILES string of the molecule is CC(=O)OOC(=O)CCC[N+](C)(C)C. The zero-order valence-electron chi connectivity index (χ0n) is 9.20. The van der Waals surface area contributed by atoms with Crippen molar-refractivity contribution in [2.75, 3.05) is 27.7 Å². The van der Waals surface area contributed by atoms with Gasteiger partial charge in [0.25, 0.3) is 0 Å². The van der Waals surface area contributed by atoms with Gasteiger partial charge in [0.2, 0.25) is 0 Å². The summed E-state index contributed by atoms with van der Waals surface area (Å²) in [6, 6.07) is 0. The molecule has 0 fully saturated rings. The van der Waals surface area contributed by atoms with Crippen LogP contribution in [0.5, 0.6) is 0 Å². The van der Waals surface area contributed by atoms with Crippen molar-refractivity contribution in [3.63, 3.8) is 0 Å². The maximum Gasteiger partial charge on any atom is 0.355 e. The molecule has 0 spiro atoms. The van der Waals surface area contributed by atoms with Crippen LogP contribution in [0, 0.1) is 0 Å². The van der Waals surface area contributed by atoms with E-state index in [0.717, 1.165) is 11.0 Å². The number of carbonyl (C=O) groups excluding carboxylic acids is 2. The van der Waals surface area contributed by atoms with Gasteiger partial charge in [0, 0.05) is 13.3 Å². The molecule has 0 heterocycles. The van der Waals surface area contributed by atoms with E-state index in [1.54, 1.807) is 0 Å². The summed E-state index contributed by atoms with van der Waals surface area (Å²) in [5, 5.41) is 0. The van der Waals surface area contributed by atoms with Crippen molar-refractivity contribution in [1.29, 1.82) is 0 Å². The van der Waals surface area contributed by atoms with E-state index in [4.69, 9.17) is 0 Å². The minimum absolute atomic E-state index is 0.267. The lowest BCUT2D eigenvalue weighted by Gasteiger charge is -2.23. The molecule has 0 aromatic rings. The monoisotopic (exact) mass is 204 g/mol. The predicted octanol–water partition coefficient (Wildman–Crippen LogP) is 0.494. The fourth-order valence-electron chi connectivity index (χ4n) is 0.845. The molecule has 0 aliphatic rings. The molecule has 0 N–H and O–H groups in total. The number of hydrogen-bond acceptors (Lipinski definition) is 4. The Morgan fingerprint density at radius 2 is 1.71 bits per heavy atom. The summed E-state index contributed by atoms with van der Waals surface area (Å²) in [6.45, 7) is 2.05. The predicted molar refractivity (Wildman–Crippen MR) is 50.0 cm³/mol. The molecule has 0 rings (SSSR count). The second kappa shape index (κ2) is 5.59. The van der Waals surface area contributed by atoms with E-state index in [9.17, 15) is 9.59 Å². The fraction of sp³-hybridized carbons (Fsp3) is 0.778. The zero-order valence-corrected chi connectivity index (χ0v) is 9.20. The Morgan fingerprint density at radius 3 is 2.14 bits per heavy atom. The largest absolute Gasteiger partial charge is 0.355 e. The molecule has 0 aromatic heterocycles. The Bertz CT molecular complexity index is 207. The first-order chi connectivity index (χ1) is 6.31. The Kier molecular flexibility index (Phi) is 5.15. The lowest BCUT2D eigenvalue weighted by Crippen LogP contribution is -2.35. The summed E-state index contributed by atoms with van der Waals surface area (Å²) in [6.07, 6.45) is 0.979. The zero-order chi connectivity index (χ0) is 11.2. The molecule has 0 amide bonds. The summed E-state index contributed by atoms with van der Waals surface area (Å²) in [4.78, 5) is 29.5. The topological polar surface area (TPSA) is 52.6 Å². The molecule has 0 bridgehead atoms. The van der Waals surface area contributed by atoms with Crippen LogP contribution in [0.2, 0.25) is 0 Å². The maximum absolute atomic E-state index is 10.9. The normalized spacial score (nSPS) is 10.9. The molecule has 0 atom stereocenters. The van der Waals surface area contributed by atoms with Gasteiger partial charge in [0.15, 0.2) is 0 Å². The average molecular weight is 204 g/mol. The summed E-state index contributed by atoms with van der Waals surface area (Å²) >= 11 is 0. The molecule has 0 saturated heterocycles. The van der Waals surface area contributed by atoms with Gasteiger partial charge in [-0.3, -0.25) is 0 Å². The highest BCUT2D eigenvalue weighted by atomic mass is 17.2. The molecular weight excluding hydrogens is 186 g/mol. The van der Waals surface area contributed by atoms with E-state index in [0.29, 0.717) is 6.42 Å². The lowest BCUT2D eigenvalue weighted by atomic mass is 10.3. The third-order valence-electron chi connectivity index (χ3n) is 1.46. The second-order valence-electron chi connectivity index (χ2n) is 4.15. The van der Waals surface area contributed by atoms with Crippen molar-refractivity contribution in [2.45, 2.75) is 19.8 Å². The Hall–Kier alpha value is -1.10. The molecule has 82 valence electrons. The van der Waals surface area contributed by atoms with Crippen LogP contribution in [0.4, 0.5) is 0 Å². The van der Waals surface area contributed by atoms with Crippen LogP contribution in [0.1, 0.15) is 19.8 Å². The highest BCUT2D eigenvalue weighted by Gasteiger charge is 2.11. The quantitative estimate of drug-likeness (QED) is 0.380. The molecule has 0 unspecified atom stereocenters. The summed E-state index contributed by atoms with van der Waals surface area (Å²) in [5.41, 5.74) is 0. The van der Waals surface area contributed by atoms with Crippen LogP contribution >= 0.6 is 0 Å². The van der Waals surface area contributed by atoms with Gasteiger partial charge in [0.1, 0.15) is 0 Å². The van der Waals surface area contributed by atoms with Crippen molar-refractivity contribution in [2.24, 2.45) is 0 Å². The van der Waals surface area contributed by atoms with Gasteiger partial charge in [-0.05, 0) is 0 Å². The van der Waals surface area contributed by atoms with Gasteiger partial charge in [-0.25, -0.2) is 19.4 Å². The van der Waals surface area contributed by atoms with E-state index in [-0.39, 0.29) is 6.42 Å². The van der Waals surface area contributed by atoms with Gasteiger partial charge >= 0.3 is 11.9 Å². The minimum Gasteiger partial charge on any atom is -0.331 e. The van der Waals surface area contributed by atoms with Gasteiger partial charge in [-0.15, -0.1) is 0 Å². The standard InChI is InChI=1S/C9H18NO4/c1-8(11)13-14-9(12)6-5-7-10(2,3)4/h5-7H2,1-4H3/q+1. The van der Waals surface area contributed by atoms with Crippen LogP contribution in [0.15, 0.2) is 0 Å². The van der Waals surface area contributed by atoms with Gasteiger partial charge < -0.3 is 4.48 Å². The molecule has 5 nitrogen and oxygen atoms in total. The van der Waals surface area contributed by atoms with Crippen molar-refractivity contribution >= 4 is 11.9 Å². The first-order valence-corrected chi connectivity index (χ1v) is 4.49. The van der Waals surface area contributed by atoms with Crippen molar-refractivity contribution < 1.29 is 23.8 Å². The molecule has 0 aromatic carbocycles. The molecule has 5 heteroatoms. The second-order valence-corrected chi connectivity index (χ2v) is 4.15. The highest BCUT2D eigenvalue weighted by Crippen LogP contribution is 1.99. The molecule has 0 aliphatic heterocycles. The van der Waals surface area contributed by atoms with E-state index in [1.165, 1.54) is 6.92 Å².